The number of pyridine rings is 1. The van der Waals surface area contributed by atoms with Gasteiger partial charge in [-0.3, -0.25) is 4.79 Å². The van der Waals surface area contributed by atoms with Crippen LogP contribution in [0.4, 0.5) is 0 Å². The second-order valence-corrected chi connectivity index (χ2v) is 6.18. The topological polar surface area (TPSA) is 60.5 Å². The van der Waals surface area contributed by atoms with Crippen LogP contribution in [0.15, 0.2) is 42.6 Å². The fraction of sp³-hybridized carbons (Fsp3) is 0.400. The number of carbonyl (C=O) groups excluding carboxylic acids is 1. The molecule has 1 saturated carbocycles. The molecule has 0 unspecified atom stereocenters. The van der Waals surface area contributed by atoms with Crippen LogP contribution in [-0.2, 0) is 16.1 Å². The standard InChI is InChI=1S/C20H24N2O3/c1-2-24-20(23)11-12-21-13-15-3-8-18(9-4-15)25-19-10-7-17(14-22-19)16-5-6-16/h3-4,7-10,14,16,21H,2,5-6,11-13H2,1H3. The van der Waals surface area contributed by atoms with E-state index in [2.05, 4.69) is 16.4 Å². The van der Waals surface area contributed by atoms with E-state index in [1.165, 1.54) is 18.4 Å². The normalized spacial score (nSPS) is 13.5. The molecule has 1 aliphatic rings. The van der Waals surface area contributed by atoms with Crippen molar-refractivity contribution in [1.82, 2.24) is 10.3 Å². The molecule has 0 saturated heterocycles. The first-order chi connectivity index (χ1) is 12.2. The molecule has 1 aromatic heterocycles. The van der Waals surface area contributed by atoms with Crippen molar-refractivity contribution in [3.63, 3.8) is 0 Å². The summed E-state index contributed by atoms with van der Waals surface area (Å²) in [5.41, 5.74) is 2.44. The number of hydrogen-bond donors (Lipinski definition) is 1. The second-order valence-electron chi connectivity index (χ2n) is 6.18. The van der Waals surface area contributed by atoms with Gasteiger partial charge in [0.2, 0.25) is 5.88 Å². The average Bonchev–Trinajstić information content (AvgIpc) is 3.46. The van der Waals surface area contributed by atoms with Gasteiger partial charge in [0.1, 0.15) is 5.75 Å². The molecule has 5 heteroatoms. The molecular formula is C20H24N2O3. The van der Waals surface area contributed by atoms with Gasteiger partial charge in [0.25, 0.3) is 0 Å². The van der Waals surface area contributed by atoms with E-state index in [1.807, 2.05) is 43.5 Å². The Morgan fingerprint density at radius 3 is 2.64 bits per heavy atom. The minimum Gasteiger partial charge on any atom is -0.466 e. The Kier molecular flexibility index (Phi) is 6.01. The number of carbonyl (C=O) groups is 1. The summed E-state index contributed by atoms with van der Waals surface area (Å²) in [5, 5.41) is 3.23. The van der Waals surface area contributed by atoms with Crippen molar-refractivity contribution in [3.8, 4) is 11.6 Å². The van der Waals surface area contributed by atoms with E-state index in [0.29, 0.717) is 37.9 Å². The van der Waals surface area contributed by atoms with Crippen molar-refractivity contribution in [1.29, 1.82) is 0 Å². The Morgan fingerprint density at radius 2 is 2.00 bits per heavy atom. The van der Waals surface area contributed by atoms with Crippen LogP contribution in [0, 0.1) is 0 Å². The Bertz CT molecular complexity index is 679. The molecule has 0 radical (unpaired) electrons. The van der Waals surface area contributed by atoms with Crippen LogP contribution in [0.2, 0.25) is 0 Å². The van der Waals surface area contributed by atoms with Crippen LogP contribution in [0.3, 0.4) is 0 Å². The van der Waals surface area contributed by atoms with Crippen molar-refractivity contribution in [2.45, 2.75) is 38.6 Å². The SMILES string of the molecule is CCOC(=O)CCNCc1ccc(Oc2ccc(C3CC3)cn2)cc1. The molecule has 1 heterocycles. The zero-order valence-electron chi connectivity index (χ0n) is 14.5. The lowest BCUT2D eigenvalue weighted by atomic mass is 10.2. The molecule has 2 aromatic rings. The van der Waals surface area contributed by atoms with Crippen molar-refractivity contribution < 1.29 is 14.3 Å². The highest BCUT2D eigenvalue weighted by Gasteiger charge is 2.23. The van der Waals surface area contributed by atoms with Gasteiger partial charge in [0.15, 0.2) is 0 Å². The first-order valence-electron chi connectivity index (χ1n) is 8.83. The van der Waals surface area contributed by atoms with E-state index in [-0.39, 0.29) is 5.97 Å². The maximum Gasteiger partial charge on any atom is 0.307 e. The molecule has 132 valence electrons. The van der Waals surface area contributed by atoms with Gasteiger partial charge < -0.3 is 14.8 Å². The Hall–Kier alpha value is -2.40. The number of rotatable bonds is 9. The highest BCUT2D eigenvalue weighted by molar-refractivity contribution is 5.69. The highest BCUT2D eigenvalue weighted by Crippen LogP contribution is 2.40. The number of aromatic nitrogens is 1. The quantitative estimate of drug-likeness (QED) is 0.556. The van der Waals surface area contributed by atoms with Gasteiger partial charge in [-0.15, -0.1) is 0 Å². The molecule has 0 aliphatic heterocycles. The summed E-state index contributed by atoms with van der Waals surface area (Å²) < 4.78 is 10.7. The Labute approximate surface area is 148 Å². The molecule has 3 rings (SSSR count). The molecule has 0 spiro atoms. The number of nitrogens with one attached hydrogen (secondary N) is 1. The number of hydrogen-bond acceptors (Lipinski definition) is 5. The molecule has 1 N–H and O–H groups in total. The van der Waals surface area contributed by atoms with Gasteiger partial charge in [0, 0.05) is 25.4 Å². The molecule has 1 fully saturated rings. The smallest absolute Gasteiger partial charge is 0.307 e. The summed E-state index contributed by atoms with van der Waals surface area (Å²) in [6.07, 6.45) is 4.85. The molecule has 1 aliphatic carbocycles. The lowest BCUT2D eigenvalue weighted by Crippen LogP contribution is -2.18. The van der Waals surface area contributed by atoms with Crippen molar-refractivity contribution in [2.75, 3.05) is 13.2 Å². The van der Waals surface area contributed by atoms with E-state index in [9.17, 15) is 4.79 Å². The summed E-state index contributed by atoms with van der Waals surface area (Å²) >= 11 is 0. The maximum absolute atomic E-state index is 11.2. The maximum atomic E-state index is 11.2. The van der Waals surface area contributed by atoms with Gasteiger partial charge in [-0.1, -0.05) is 18.2 Å². The van der Waals surface area contributed by atoms with Crippen LogP contribution in [0.5, 0.6) is 11.6 Å². The zero-order chi connectivity index (χ0) is 17.5. The van der Waals surface area contributed by atoms with Crippen LogP contribution in [-0.4, -0.2) is 24.1 Å². The zero-order valence-corrected chi connectivity index (χ0v) is 14.5. The number of nitrogens with zero attached hydrogens (tertiary/aromatic N) is 1. The third kappa shape index (κ3) is 5.57. The van der Waals surface area contributed by atoms with Crippen LogP contribution >= 0.6 is 0 Å². The summed E-state index contributed by atoms with van der Waals surface area (Å²) in [7, 11) is 0. The van der Waals surface area contributed by atoms with Crippen molar-refractivity contribution in [2.24, 2.45) is 0 Å². The fourth-order valence-electron chi connectivity index (χ4n) is 2.56. The van der Waals surface area contributed by atoms with Gasteiger partial charge in [-0.05, 0) is 48.9 Å². The van der Waals surface area contributed by atoms with E-state index in [0.717, 1.165) is 11.3 Å². The molecule has 0 bridgehead atoms. The number of ether oxygens (including phenoxy) is 2. The van der Waals surface area contributed by atoms with Crippen molar-refractivity contribution in [3.05, 3.63) is 53.7 Å². The molecule has 0 amide bonds. The third-order valence-corrected chi connectivity index (χ3v) is 4.09. The fourth-order valence-corrected chi connectivity index (χ4v) is 2.56. The minimum atomic E-state index is -0.168. The number of benzene rings is 1. The van der Waals surface area contributed by atoms with Gasteiger partial charge in [-0.2, -0.15) is 0 Å². The summed E-state index contributed by atoms with van der Waals surface area (Å²) in [4.78, 5) is 15.6. The summed E-state index contributed by atoms with van der Waals surface area (Å²) in [6.45, 7) is 3.55. The molecule has 1 aromatic carbocycles. The number of esters is 1. The highest BCUT2D eigenvalue weighted by atomic mass is 16.5. The van der Waals surface area contributed by atoms with E-state index >= 15 is 0 Å². The third-order valence-electron chi connectivity index (χ3n) is 4.09. The van der Waals surface area contributed by atoms with E-state index < -0.39 is 0 Å². The Balaban J connectivity index is 1.42. The van der Waals surface area contributed by atoms with Gasteiger partial charge in [-0.25, -0.2) is 4.98 Å². The van der Waals surface area contributed by atoms with Crippen LogP contribution < -0.4 is 10.1 Å². The summed E-state index contributed by atoms with van der Waals surface area (Å²) in [6, 6.07) is 11.9. The molecule has 0 atom stereocenters. The predicted molar refractivity (Wildman–Crippen MR) is 95.7 cm³/mol. The molecule has 25 heavy (non-hydrogen) atoms. The molecule has 5 nitrogen and oxygen atoms in total. The largest absolute Gasteiger partial charge is 0.466 e. The Morgan fingerprint density at radius 1 is 1.20 bits per heavy atom. The lowest BCUT2D eigenvalue weighted by Gasteiger charge is -2.08. The van der Waals surface area contributed by atoms with E-state index in [1.54, 1.807) is 0 Å². The van der Waals surface area contributed by atoms with Crippen LogP contribution in [0.1, 0.15) is 43.2 Å². The van der Waals surface area contributed by atoms with Crippen molar-refractivity contribution >= 4 is 5.97 Å². The minimum absolute atomic E-state index is 0.168. The first-order valence-corrected chi connectivity index (χ1v) is 8.83. The van der Waals surface area contributed by atoms with Crippen LogP contribution in [0.25, 0.3) is 0 Å². The predicted octanol–water partition coefficient (Wildman–Crippen LogP) is 3.79. The van der Waals surface area contributed by atoms with E-state index in [4.69, 9.17) is 9.47 Å². The lowest BCUT2D eigenvalue weighted by molar-refractivity contribution is -0.142. The summed E-state index contributed by atoms with van der Waals surface area (Å²) in [5.74, 6) is 1.92. The van der Waals surface area contributed by atoms with Gasteiger partial charge in [0.05, 0.1) is 13.0 Å². The van der Waals surface area contributed by atoms with Gasteiger partial charge >= 0.3 is 5.97 Å². The molecular weight excluding hydrogens is 316 g/mol. The average molecular weight is 340 g/mol. The monoisotopic (exact) mass is 340 g/mol. The second kappa shape index (κ2) is 8.62. The first kappa shape index (κ1) is 17.4.